The zero-order chi connectivity index (χ0) is 29.0. The fourth-order valence-corrected chi connectivity index (χ4v) is 4.69. The summed E-state index contributed by atoms with van der Waals surface area (Å²) in [5.74, 6) is -0.516. The molecule has 0 radical (unpaired) electrons. The Morgan fingerprint density at radius 3 is 1.35 bits per heavy atom. The Morgan fingerprint density at radius 2 is 1.00 bits per heavy atom. The van der Waals surface area contributed by atoms with Crippen molar-refractivity contribution in [3.63, 3.8) is 0 Å². The summed E-state index contributed by atoms with van der Waals surface area (Å²) in [5.41, 5.74) is -1.57. The van der Waals surface area contributed by atoms with E-state index in [-0.39, 0.29) is 18.2 Å². The molecule has 4 aromatic rings. The van der Waals surface area contributed by atoms with Crippen LogP contribution in [0.2, 0.25) is 0 Å². The van der Waals surface area contributed by atoms with E-state index in [9.17, 15) is 31.1 Å². The minimum absolute atomic E-state index is 0.0702. The summed E-state index contributed by atoms with van der Waals surface area (Å²) in [5, 5.41) is 3.37. The van der Waals surface area contributed by atoms with Crippen LogP contribution in [-0.4, -0.2) is 24.4 Å². The van der Waals surface area contributed by atoms with Crippen molar-refractivity contribution in [3.8, 4) is 0 Å². The van der Waals surface area contributed by atoms with E-state index in [0.29, 0.717) is 12.1 Å². The van der Waals surface area contributed by atoms with Crippen LogP contribution in [0, 0.1) is 0 Å². The van der Waals surface area contributed by atoms with E-state index in [1.807, 2.05) is 91.0 Å². The molecule has 1 amide bonds. The van der Waals surface area contributed by atoms with E-state index in [4.69, 9.17) is 0 Å². The maximum Gasteiger partial charge on any atom is 0.416 e. The molecule has 1 N–H and O–H groups in total. The number of amides is 1. The van der Waals surface area contributed by atoms with E-state index in [0.717, 1.165) is 21.6 Å². The normalized spacial score (nSPS) is 12.3. The molecule has 4 rings (SSSR count). The average molecular weight is 557 g/mol. The number of carbonyl (C=O) groups is 1. The lowest BCUT2D eigenvalue weighted by atomic mass is 9.77. The summed E-state index contributed by atoms with van der Waals surface area (Å²) in [6.07, 6.45) is -9.94. The number of benzene rings is 4. The number of hydrogen-bond donors (Lipinski definition) is 1. The molecule has 3 nitrogen and oxygen atoms in total. The highest BCUT2D eigenvalue weighted by Crippen LogP contribution is 2.38. The maximum atomic E-state index is 13.3. The summed E-state index contributed by atoms with van der Waals surface area (Å²) in [7, 11) is 1.34. The third-order valence-electron chi connectivity index (χ3n) is 6.62. The standard InChI is InChI=1S/C31H26F6N2O/c1-39(21-22-17-26(30(32,33)34)19-27(18-22)31(35,36)37)28(40)20-38-29(23-11-5-2-6-12-23,24-13-7-3-8-14-24)25-15-9-4-10-16-25/h2-19,38H,20-21H2,1H3. The predicted octanol–water partition coefficient (Wildman–Crippen LogP) is 7.26. The smallest absolute Gasteiger partial charge is 0.340 e. The third kappa shape index (κ3) is 6.37. The number of nitrogens with one attached hydrogen (secondary N) is 1. The fraction of sp³-hybridized carbons (Fsp3) is 0.194. The Bertz CT molecular complexity index is 1290. The molecule has 0 bridgehead atoms. The molecule has 0 aliphatic rings. The van der Waals surface area contributed by atoms with Crippen LogP contribution in [0.15, 0.2) is 109 Å². The fourth-order valence-electron chi connectivity index (χ4n) is 4.69. The van der Waals surface area contributed by atoms with E-state index >= 15 is 0 Å². The second-order valence-corrected chi connectivity index (χ2v) is 9.37. The number of halogens is 6. The monoisotopic (exact) mass is 556 g/mol. The van der Waals surface area contributed by atoms with Gasteiger partial charge in [0.05, 0.1) is 23.2 Å². The number of carbonyl (C=O) groups excluding carboxylic acids is 1. The summed E-state index contributed by atoms with van der Waals surface area (Å²) < 4.78 is 79.9. The molecule has 0 aliphatic heterocycles. The second kappa shape index (κ2) is 11.6. The summed E-state index contributed by atoms with van der Waals surface area (Å²) in [4.78, 5) is 14.4. The van der Waals surface area contributed by atoms with E-state index in [1.165, 1.54) is 7.05 Å². The Morgan fingerprint density at radius 1 is 0.625 bits per heavy atom. The van der Waals surface area contributed by atoms with Crippen LogP contribution in [0.5, 0.6) is 0 Å². The van der Waals surface area contributed by atoms with Crippen molar-refractivity contribution in [2.24, 2.45) is 0 Å². The van der Waals surface area contributed by atoms with Crippen molar-refractivity contribution < 1.29 is 31.1 Å². The molecular weight excluding hydrogens is 530 g/mol. The largest absolute Gasteiger partial charge is 0.416 e. The number of likely N-dealkylation sites (N-methyl/N-ethyl adjacent to an activating group) is 1. The molecule has 9 heteroatoms. The maximum absolute atomic E-state index is 13.3. The van der Waals surface area contributed by atoms with Gasteiger partial charge in [0.25, 0.3) is 0 Å². The first-order chi connectivity index (χ1) is 18.9. The van der Waals surface area contributed by atoms with Gasteiger partial charge in [0.2, 0.25) is 5.91 Å². The van der Waals surface area contributed by atoms with Crippen molar-refractivity contribution in [2.75, 3.05) is 13.6 Å². The van der Waals surface area contributed by atoms with Crippen LogP contribution >= 0.6 is 0 Å². The molecule has 0 fully saturated rings. The molecule has 208 valence electrons. The number of alkyl halides is 6. The molecular formula is C31H26F6N2O. The lowest BCUT2D eigenvalue weighted by molar-refractivity contribution is -0.143. The van der Waals surface area contributed by atoms with Crippen LogP contribution < -0.4 is 5.32 Å². The molecule has 0 aromatic heterocycles. The number of rotatable bonds is 8. The van der Waals surface area contributed by atoms with Gasteiger partial charge in [-0.3, -0.25) is 10.1 Å². The lowest BCUT2D eigenvalue weighted by Crippen LogP contribution is -2.49. The van der Waals surface area contributed by atoms with Gasteiger partial charge in [-0.2, -0.15) is 26.3 Å². The van der Waals surface area contributed by atoms with Crippen LogP contribution in [-0.2, 0) is 29.2 Å². The van der Waals surface area contributed by atoms with Crippen molar-refractivity contribution in [2.45, 2.75) is 24.4 Å². The highest BCUT2D eigenvalue weighted by molar-refractivity contribution is 5.78. The molecule has 0 atom stereocenters. The number of nitrogens with zero attached hydrogens (tertiary/aromatic N) is 1. The topological polar surface area (TPSA) is 32.3 Å². The van der Waals surface area contributed by atoms with Crippen molar-refractivity contribution in [1.82, 2.24) is 10.2 Å². The van der Waals surface area contributed by atoms with Gasteiger partial charge in [-0.05, 0) is 40.5 Å². The first kappa shape index (κ1) is 28.9. The minimum Gasteiger partial charge on any atom is -0.340 e. The van der Waals surface area contributed by atoms with E-state index < -0.39 is 41.5 Å². The SMILES string of the molecule is CN(Cc1cc(C(F)(F)F)cc(C(F)(F)F)c1)C(=O)CNC(c1ccccc1)(c1ccccc1)c1ccccc1. The third-order valence-corrected chi connectivity index (χ3v) is 6.62. The van der Waals surface area contributed by atoms with E-state index in [2.05, 4.69) is 5.32 Å². The van der Waals surface area contributed by atoms with Crippen molar-refractivity contribution >= 4 is 5.91 Å². The highest BCUT2D eigenvalue weighted by Gasteiger charge is 2.38. The summed E-state index contributed by atoms with van der Waals surface area (Å²) >= 11 is 0. The predicted molar refractivity (Wildman–Crippen MR) is 140 cm³/mol. The Balaban J connectivity index is 1.66. The van der Waals surface area contributed by atoms with Crippen LogP contribution in [0.4, 0.5) is 26.3 Å². The molecule has 0 aliphatic carbocycles. The molecule has 0 spiro atoms. The molecule has 0 heterocycles. The second-order valence-electron chi connectivity index (χ2n) is 9.37. The first-order valence-corrected chi connectivity index (χ1v) is 12.3. The lowest BCUT2D eigenvalue weighted by Gasteiger charge is -2.37. The average Bonchev–Trinajstić information content (AvgIpc) is 2.94. The van der Waals surface area contributed by atoms with Crippen LogP contribution in [0.1, 0.15) is 33.4 Å². The summed E-state index contributed by atoms with van der Waals surface area (Å²) in [6.45, 7) is -0.692. The van der Waals surface area contributed by atoms with Crippen LogP contribution in [0.3, 0.4) is 0 Å². The Hall–Kier alpha value is -4.11. The van der Waals surface area contributed by atoms with Crippen molar-refractivity contribution in [3.05, 3.63) is 143 Å². The van der Waals surface area contributed by atoms with Gasteiger partial charge >= 0.3 is 12.4 Å². The summed E-state index contributed by atoms with van der Waals surface area (Å²) in [6, 6.07) is 29.7. The van der Waals surface area contributed by atoms with Gasteiger partial charge < -0.3 is 4.90 Å². The first-order valence-electron chi connectivity index (χ1n) is 12.3. The molecule has 0 saturated carbocycles. The Kier molecular flexibility index (Phi) is 8.34. The van der Waals surface area contributed by atoms with Gasteiger partial charge in [0.1, 0.15) is 0 Å². The van der Waals surface area contributed by atoms with Gasteiger partial charge in [0.15, 0.2) is 0 Å². The van der Waals surface area contributed by atoms with E-state index in [1.54, 1.807) is 0 Å². The molecule has 0 saturated heterocycles. The van der Waals surface area contributed by atoms with Gasteiger partial charge in [-0.15, -0.1) is 0 Å². The van der Waals surface area contributed by atoms with Crippen molar-refractivity contribution in [1.29, 1.82) is 0 Å². The minimum atomic E-state index is -4.97. The zero-order valence-corrected chi connectivity index (χ0v) is 21.4. The van der Waals surface area contributed by atoms with Gasteiger partial charge in [-0.1, -0.05) is 91.0 Å². The Labute approximate surface area is 228 Å². The quantitative estimate of drug-likeness (QED) is 0.183. The highest BCUT2D eigenvalue weighted by atomic mass is 19.4. The van der Waals surface area contributed by atoms with Gasteiger partial charge in [0, 0.05) is 13.6 Å². The molecule has 0 unspecified atom stereocenters. The molecule has 40 heavy (non-hydrogen) atoms. The van der Waals surface area contributed by atoms with Crippen LogP contribution in [0.25, 0.3) is 0 Å². The molecule has 4 aromatic carbocycles. The van der Waals surface area contributed by atoms with Gasteiger partial charge in [-0.25, -0.2) is 0 Å². The zero-order valence-electron chi connectivity index (χ0n) is 21.4. The number of hydrogen-bond acceptors (Lipinski definition) is 2.